The van der Waals surface area contributed by atoms with Crippen molar-refractivity contribution in [3.63, 3.8) is 0 Å². The molecule has 1 unspecified atom stereocenters. The molecule has 1 aromatic carbocycles. The van der Waals surface area contributed by atoms with E-state index in [2.05, 4.69) is 11.9 Å². The molecule has 0 saturated carbocycles. The first-order chi connectivity index (χ1) is 10.5. The van der Waals surface area contributed by atoms with Crippen molar-refractivity contribution >= 4 is 29.5 Å². The highest BCUT2D eigenvalue weighted by Crippen LogP contribution is 2.19. The van der Waals surface area contributed by atoms with E-state index in [0.29, 0.717) is 18.5 Å². The second-order valence-electron chi connectivity index (χ2n) is 4.59. The van der Waals surface area contributed by atoms with Crippen LogP contribution in [0.3, 0.4) is 0 Å². The van der Waals surface area contributed by atoms with Crippen LogP contribution < -0.4 is 5.32 Å². The summed E-state index contributed by atoms with van der Waals surface area (Å²) in [5.41, 5.74) is 0.698. The van der Waals surface area contributed by atoms with Crippen molar-refractivity contribution in [3.8, 4) is 0 Å². The van der Waals surface area contributed by atoms with Gasteiger partial charge in [-0.15, -0.1) is 11.8 Å². The first kappa shape index (κ1) is 18.1. The summed E-state index contributed by atoms with van der Waals surface area (Å²) >= 11 is 1.60. The molecule has 1 amide bonds. The third-order valence-corrected chi connectivity index (χ3v) is 3.52. The van der Waals surface area contributed by atoms with E-state index in [1.54, 1.807) is 24.8 Å². The third-order valence-electron chi connectivity index (χ3n) is 2.79. The van der Waals surface area contributed by atoms with Gasteiger partial charge in [0.1, 0.15) is 6.10 Å². The molecule has 0 aliphatic rings. The van der Waals surface area contributed by atoms with Gasteiger partial charge in [0, 0.05) is 16.7 Å². The van der Waals surface area contributed by atoms with Crippen molar-refractivity contribution in [2.75, 3.05) is 18.2 Å². The summed E-state index contributed by atoms with van der Waals surface area (Å²) in [6, 6.07) is 7.53. The lowest BCUT2D eigenvalue weighted by Gasteiger charge is -2.14. The number of benzene rings is 1. The number of amides is 1. The molecular formula is C16H21NO4S. The van der Waals surface area contributed by atoms with E-state index in [-0.39, 0.29) is 12.7 Å². The van der Waals surface area contributed by atoms with E-state index in [4.69, 9.17) is 9.47 Å². The van der Waals surface area contributed by atoms with Crippen LogP contribution in [0, 0.1) is 0 Å². The minimum Gasteiger partial charge on any atom is -0.463 e. The molecule has 120 valence electrons. The van der Waals surface area contributed by atoms with Gasteiger partial charge in [0.25, 0.3) is 0 Å². The minimum atomic E-state index is -0.492. The molecule has 0 radical (unpaired) electrons. The van der Waals surface area contributed by atoms with Crippen molar-refractivity contribution in [1.82, 2.24) is 0 Å². The maximum Gasteiger partial charge on any atom is 0.411 e. The lowest BCUT2D eigenvalue weighted by atomic mass is 10.2. The van der Waals surface area contributed by atoms with E-state index in [1.165, 1.54) is 0 Å². The number of hydrogen-bond acceptors (Lipinski definition) is 5. The van der Waals surface area contributed by atoms with Gasteiger partial charge in [-0.25, -0.2) is 9.59 Å². The molecule has 1 atom stereocenters. The number of hydrogen-bond donors (Lipinski definition) is 1. The quantitative estimate of drug-likeness (QED) is 0.341. The number of carbonyl (C=O) groups is 2. The molecule has 0 bridgehead atoms. The number of thioether (sulfide) groups is 1. The highest BCUT2D eigenvalue weighted by atomic mass is 32.2. The van der Waals surface area contributed by atoms with Gasteiger partial charge < -0.3 is 9.47 Å². The normalized spacial score (nSPS) is 11.4. The predicted octanol–water partition coefficient (Wildman–Crippen LogP) is 3.85. The van der Waals surface area contributed by atoms with Crippen LogP contribution in [-0.4, -0.2) is 31.0 Å². The van der Waals surface area contributed by atoms with Crippen LogP contribution >= 0.6 is 11.8 Å². The van der Waals surface area contributed by atoms with Gasteiger partial charge in [-0.3, -0.25) is 5.32 Å². The van der Waals surface area contributed by atoms with Crippen molar-refractivity contribution < 1.29 is 19.1 Å². The second kappa shape index (κ2) is 9.89. The van der Waals surface area contributed by atoms with Crippen molar-refractivity contribution in [2.24, 2.45) is 0 Å². The molecule has 0 aliphatic carbocycles. The van der Waals surface area contributed by atoms with Gasteiger partial charge in [0.05, 0.1) is 6.61 Å². The molecule has 6 heteroatoms. The van der Waals surface area contributed by atoms with Crippen LogP contribution in [0.15, 0.2) is 41.8 Å². The largest absolute Gasteiger partial charge is 0.463 e. The Bertz CT molecular complexity index is 519. The number of anilines is 1. The third kappa shape index (κ3) is 7.17. The van der Waals surface area contributed by atoms with E-state index < -0.39 is 12.1 Å². The molecule has 0 aromatic heterocycles. The van der Waals surface area contributed by atoms with Crippen LogP contribution in [0.1, 0.15) is 19.8 Å². The van der Waals surface area contributed by atoms with Crippen LogP contribution in [0.4, 0.5) is 10.5 Å². The molecule has 0 saturated heterocycles. The van der Waals surface area contributed by atoms with Gasteiger partial charge >= 0.3 is 12.1 Å². The van der Waals surface area contributed by atoms with E-state index in [9.17, 15) is 9.59 Å². The number of rotatable bonds is 8. The fourth-order valence-electron chi connectivity index (χ4n) is 1.69. The minimum absolute atomic E-state index is 0.258. The molecule has 22 heavy (non-hydrogen) atoms. The molecule has 0 spiro atoms. The molecular weight excluding hydrogens is 302 g/mol. The second-order valence-corrected chi connectivity index (χ2v) is 5.47. The number of ether oxygens (including phenoxy) is 2. The molecule has 0 fully saturated rings. The standard InChI is InChI=1S/C16H21NO4S/c1-4-15(18)20-10-6-7-12(2)21-16(19)17-13-8-5-9-14(11-13)22-3/h4-5,8-9,11-12H,1,6-7,10H2,2-3H3,(H,17,19). The Kier molecular flexibility index (Phi) is 8.14. The lowest BCUT2D eigenvalue weighted by molar-refractivity contribution is -0.137. The van der Waals surface area contributed by atoms with Gasteiger partial charge in [-0.1, -0.05) is 12.6 Å². The van der Waals surface area contributed by atoms with Gasteiger partial charge in [-0.05, 0) is 44.2 Å². The summed E-state index contributed by atoms with van der Waals surface area (Å²) in [4.78, 5) is 23.7. The monoisotopic (exact) mass is 323 g/mol. The van der Waals surface area contributed by atoms with Crippen LogP contribution in [-0.2, 0) is 14.3 Å². The number of esters is 1. The number of carbonyl (C=O) groups excluding carboxylic acids is 2. The Morgan fingerprint density at radius 1 is 1.45 bits per heavy atom. The highest BCUT2D eigenvalue weighted by Gasteiger charge is 2.10. The summed E-state index contributed by atoms with van der Waals surface area (Å²) in [6.07, 6.45) is 3.58. The summed E-state index contributed by atoms with van der Waals surface area (Å²) in [7, 11) is 0. The summed E-state index contributed by atoms with van der Waals surface area (Å²) < 4.78 is 10.1. The topological polar surface area (TPSA) is 64.6 Å². The molecule has 0 heterocycles. The van der Waals surface area contributed by atoms with Gasteiger partial charge in [0.15, 0.2) is 0 Å². The van der Waals surface area contributed by atoms with Gasteiger partial charge in [0.2, 0.25) is 0 Å². The Morgan fingerprint density at radius 3 is 2.91 bits per heavy atom. The average Bonchev–Trinajstić information content (AvgIpc) is 2.51. The maximum atomic E-state index is 11.8. The van der Waals surface area contributed by atoms with Crippen molar-refractivity contribution in [1.29, 1.82) is 0 Å². The predicted molar refractivity (Wildman–Crippen MR) is 88.2 cm³/mol. The Hall–Kier alpha value is -1.95. The zero-order valence-corrected chi connectivity index (χ0v) is 13.7. The Labute approximate surface area is 135 Å². The zero-order valence-electron chi connectivity index (χ0n) is 12.8. The summed E-state index contributed by atoms with van der Waals surface area (Å²) in [6.45, 7) is 5.40. The van der Waals surface area contributed by atoms with E-state index in [0.717, 1.165) is 11.0 Å². The average molecular weight is 323 g/mol. The first-order valence-electron chi connectivity index (χ1n) is 6.96. The Balaban J connectivity index is 2.28. The molecule has 1 N–H and O–H groups in total. The van der Waals surface area contributed by atoms with Crippen LogP contribution in [0.5, 0.6) is 0 Å². The molecule has 5 nitrogen and oxygen atoms in total. The van der Waals surface area contributed by atoms with Gasteiger partial charge in [-0.2, -0.15) is 0 Å². The van der Waals surface area contributed by atoms with Crippen molar-refractivity contribution in [3.05, 3.63) is 36.9 Å². The highest BCUT2D eigenvalue weighted by molar-refractivity contribution is 7.98. The van der Waals surface area contributed by atoms with Crippen LogP contribution in [0.2, 0.25) is 0 Å². The summed E-state index contributed by atoms with van der Waals surface area (Å²) in [5.74, 6) is -0.444. The fourth-order valence-corrected chi connectivity index (χ4v) is 2.15. The molecule has 0 aliphatic heterocycles. The zero-order chi connectivity index (χ0) is 16.4. The van der Waals surface area contributed by atoms with E-state index >= 15 is 0 Å². The maximum absolute atomic E-state index is 11.8. The fraction of sp³-hybridized carbons (Fsp3) is 0.375. The molecule has 1 rings (SSSR count). The summed E-state index contributed by atoms with van der Waals surface area (Å²) in [5, 5.41) is 2.69. The number of nitrogens with one attached hydrogen (secondary N) is 1. The first-order valence-corrected chi connectivity index (χ1v) is 8.18. The Morgan fingerprint density at radius 2 is 2.23 bits per heavy atom. The molecule has 1 aromatic rings. The lowest BCUT2D eigenvalue weighted by Crippen LogP contribution is -2.20. The SMILES string of the molecule is C=CC(=O)OCCCC(C)OC(=O)Nc1cccc(SC)c1. The van der Waals surface area contributed by atoms with Crippen LogP contribution in [0.25, 0.3) is 0 Å². The van der Waals surface area contributed by atoms with E-state index in [1.807, 2.05) is 24.5 Å². The smallest absolute Gasteiger partial charge is 0.411 e. The van der Waals surface area contributed by atoms with Crippen molar-refractivity contribution in [2.45, 2.75) is 30.8 Å².